The molecule has 0 unspecified atom stereocenters. The molecule has 2 aromatic rings. The molecule has 0 amide bonds. The summed E-state index contributed by atoms with van der Waals surface area (Å²) < 4.78 is 5.81. The molecule has 0 saturated carbocycles. The van der Waals surface area contributed by atoms with Gasteiger partial charge in [-0.1, -0.05) is 37.6 Å². The number of aromatic nitrogens is 2. The van der Waals surface area contributed by atoms with Crippen LogP contribution in [-0.2, 0) is 6.61 Å². The van der Waals surface area contributed by atoms with Crippen LogP contribution < -0.4 is 4.74 Å². The maximum absolute atomic E-state index is 5.81. The fourth-order valence-electron chi connectivity index (χ4n) is 1.70. The van der Waals surface area contributed by atoms with Gasteiger partial charge in [0, 0.05) is 0 Å². The molecule has 1 heterocycles. The van der Waals surface area contributed by atoms with Gasteiger partial charge in [-0.25, -0.2) is 0 Å². The van der Waals surface area contributed by atoms with Gasteiger partial charge in [-0.05, 0) is 42.2 Å². The minimum Gasteiger partial charge on any atom is -0.487 e. The SMILES string of the molecule is Cc1ccc(C(C)C)cc1OCc1ccc(Cl)nn1. The van der Waals surface area contributed by atoms with E-state index in [1.54, 1.807) is 6.07 Å². The third-order valence-corrected chi connectivity index (χ3v) is 3.14. The first kappa shape index (κ1) is 13.8. The van der Waals surface area contributed by atoms with E-state index in [9.17, 15) is 0 Å². The van der Waals surface area contributed by atoms with E-state index in [0.29, 0.717) is 17.7 Å². The predicted octanol–water partition coefficient (Wildman–Crippen LogP) is 4.14. The van der Waals surface area contributed by atoms with Crippen molar-refractivity contribution in [3.63, 3.8) is 0 Å². The minimum absolute atomic E-state index is 0.390. The van der Waals surface area contributed by atoms with Gasteiger partial charge in [-0.2, -0.15) is 5.10 Å². The first-order valence-electron chi connectivity index (χ1n) is 6.27. The first-order valence-corrected chi connectivity index (χ1v) is 6.65. The molecule has 0 aliphatic carbocycles. The Morgan fingerprint density at radius 1 is 1.16 bits per heavy atom. The van der Waals surface area contributed by atoms with E-state index in [-0.39, 0.29) is 0 Å². The summed E-state index contributed by atoms with van der Waals surface area (Å²) in [4.78, 5) is 0. The highest BCUT2D eigenvalue weighted by atomic mass is 35.5. The van der Waals surface area contributed by atoms with Crippen molar-refractivity contribution in [3.8, 4) is 5.75 Å². The van der Waals surface area contributed by atoms with Crippen molar-refractivity contribution >= 4 is 11.6 Å². The second-order valence-corrected chi connectivity index (χ2v) is 5.20. The Kier molecular flexibility index (Phi) is 4.38. The summed E-state index contributed by atoms with van der Waals surface area (Å²) in [6, 6.07) is 9.83. The molecule has 0 spiro atoms. The molecule has 0 saturated heterocycles. The van der Waals surface area contributed by atoms with Crippen LogP contribution in [0.2, 0.25) is 5.15 Å². The minimum atomic E-state index is 0.390. The van der Waals surface area contributed by atoms with Crippen molar-refractivity contribution in [2.45, 2.75) is 33.3 Å². The predicted molar refractivity (Wildman–Crippen MR) is 76.6 cm³/mol. The fourth-order valence-corrected chi connectivity index (χ4v) is 1.80. The topological polar surface area (TPSA) is 35.0 Å². The normalized spacial score (nSPS) is 10.8. The number of benzene rings is 1. The van der Waals surface area contributed by atoms with Gasteiger partial charge in [0.25, 0.3) is 0 Å². The lowest BCUT2D eigenvalue weighted by Crippen LogP contribution is -2.01. The molecular weight excluding hydrogens is 260 g/mol. The van der Waals surface area contributed by atoms with Crippen molar-refractivity contribution in [1.82, 2.24) is 10.2 Å². The summed E-state index contributed by atoms with van der Waals surface area (Å²) in [6.07, 6.45) is 0. The molecule has 19 heavy (non-hydrogen) atoms. The number of hydrogen-bond acceptors (Lipinski definition) is 3. The summed E-state index contributed by atoms with van der Waals surface area (Å²) >= 11 is 5.70. The van der Waals surface area contributed by atoms with Crippen molar-refractivity contribution in [1.29, 1.82) is 0 Å². The number of ether oxygens (including phenoxy) is 1. The lowest BCUT2D eigenvalue weighted by atomic mass is 10.0. The Bertz CT molecular complexity index is 553. The average molecular weight is 277 g/mol. The van der Waals surface area contributed by atoms with Gasteiger partial charge in [-0.3, -0.25) is 0 Å². The molecule has 0 bridgehead atoms. The summed E-state index contributed by atoms with van der Waals surface area (Å²) in [5.74, 6) is 1.38. The van der Waals surface area contributed by atoms with Crippen molar-refractivity contribution in [3.05, 3.63) is 52.3 Å². The summed E-state index contributed by atoms with van der Waals surface area (Å²) in [5.41, 5.74) is 3.15. The smallest absolute Gasteiger partial charge is 0.151 e. The number of aryl methyl sites for hydroxylation is 1. The maximum Gasteiger partial charge on any atom is 0.151 e. The molecule has 0 aliphatic heterocycles. The van der Waals surface area contributed by atoms with Gasteiger partial charge in [0.1, 0.15) is 18.1 Å². The lowest BCUT2D eigenvalue weighted by Gasteiger charge is -2.12. The summed E-state index contributed by atoms with van der Waals surface area (Å²) in [6.45, 7) is 6.76. The molecule has 0 atom stereocenters. The van der Waals surface area contributed by atoms with Crippen molar-refractivity contribution < 1.29 is 4.74 Å². The molecule has 3 nitrogen and oxygen atoms in total. The van der Waals surface area contributed by atoms with E-state index in [2.05, 4.69) is 42.2 Å². The van der Waals surface area contributed by atoms with Crippen LogP contribution in [0.5, 0.6) is 5.75 Å². The highest BCUT2D eigenvalue weighted by Crippen LogP contribution is 2.24. The van der Waals surface area contributed by atoms with Crippen molar-refractivity contribution in [2.75, 3.05) is 0 Å². The summed E-state index contributed by atoms with van der Waals surface area (Å²) in [5, 5.41) is 8.16. The van der Waals surface area contributed by atoms with Crippen LogP contribution in [0, 0.1) is 6.92 Å². The van der Waals surface area contributed by atoms with Crippen LogP contribution in [0.3, 0.4) is 0 Å². The Morgan fingerprint density at radius 2 is 1.95 bits per heavy atom. The van der Waals surface area contributed by atoms with Crippen LogP contribution in [0.1, 0.15) is 36.6 Å². The number of halogens is 1. The molecule has 100 valence electrons. The summed E-state index contributed by atoms with van der Waals surface area (Å²) in [7, 11) is 0. The Hall–Kier alpha value is -1.61. The van der Waals surface area contributed by atoms with Crippen LogP contribution in [0.25, 0.3) is 0 Å². The van der Waals surface area contributed by atoms with Gasteiger partial charge in [-0.15, -0.1) is 5.10 Å². The molecule has 4 heteroatoms. The quantitative estimate of drug-likeness (QED) is 0.842. The second-order valence-electron chi connectivity index (χ2n) is 4.82. The van der Waals surface area contributed by atoms with Crippen LogP contribution >= 0.6 is 11.6 Å². The molecular formula is C15H17ClN2O. The number of nitrogens with zero attached hydrogens (tertiary/aromatic N) is 2. The molecule has 0 radical (unpaired) electrons. The fraction of sp³-hybridized carbons (Fsp3) is 0.333. The lowest BCUT2D eigenvalue weighted by molar-refractivity contribution is 0.297. The van der Waals surface area contributed by atoms with E-state index in [1.807, 2.05) is 13.0 Å². The van der Waals surface area contributed by atoms with E-state index < -0.39 is 0 Å². The zero-order valence-electron chi connectivity index (χ0n) is 11.4. The first-order chi connectivity index (χ1) is 9.06. The van der Waals surface area contributed by atoms with Crippen LogP contribution in [0.4, 0.5) is 0 Å². The average Bonchev–Trinajstić information content (AvgIpc) is 2.39. The van der Waals surface area contributed by atoms with Gasteiger partial charge < -0.3 is 4.74 Å². The number of hydrogen-bond donors (Lipinski definition) is 0. The van der Waals surface area contributed by atoms with Gasteiger partial charge in [0.15, 0.2) is 5.15 Å². The zero-order valence-corrected chi connectivity index (χ0v) is 12.1. The van der Waals surface area contributed by atoms with E-state index in [0.717, 1.165) is 17.0 Å². The Labute approximate surface area is 118 Å². The number of rotatable bonds is 4. The molecule has 0 aliphatic rings. The highest BCUT2D eigenvalue weighted by Gasteiger charge is 2.05. The van der Waals surface area contributed by atoms with Crippen LogP contribution in [0.15, 0.2) is 30.3 Å². The zero-order chi connectivity index (χ0) is 13.8. The van der Waals surface area contributed by atoms with Gasteiger partial charge in [0.05, 0.1) is 0 Å². The molecule has 1 aromatic heterocycles. The monoisotopic (exact) mass is 276 g/mol. The van der Waals surface area contributed by atoms with Crippen molar-refractivity contribution in [2.24, 2.45) is 0 Å². The molecule has 0 fully saturated rings. The standard InChI is InChI=1S/C15H17ClN2O/c1-10(2)12-5-4-11(3)14(8-12)19-9-13-6-7-15(16)18-17-13/h4-8,10H,9H2,1-3H3. The van der Waals surface area contributed by atoms with E-state index in [1.165, 1.54) is 5.56 Å². The Morgan fingerprint density at radius 3 is 2.58 bits per heavy atom. The maximum atomic E-state index is 5.81. The van der Waals surface area contributed by atoms with Crippen LogP contribution in [-0.4, -0.2) is 10.2 Å². The third-order valence-electron chi connectivity index (χ3n) is 2.94. The van der Waals surface area contributed by atoms with Gasteiger partial charge in [0.2, 0.25) is 0 Å². The Balaban J connectivity index is 2.10. The molecule has 1 aromatic carbocycles. The molecule has 2 rings (SSSR count). The van der Waals surface area contributed by atoms with Gasteiger partial charge >= 0.3 is 0 Å². The third kappa shape index (κ3) is 3.67. The second kappa shape index (κ2) is 6.02. The van der Waals surface area contributed by atoms with E-state index >= 15 is 0 Å². The molecule has 0 N–H and O–H groups in total. The highest BCUT2D eigenvalue weighted by molar-refractivity contribution is 6.29. The van der Waals surface area contributed by atoms with E-state index in [4.69, 9.17) is 16.3 Å². The largest absolute Gasteiger partial charge is 0.487 e.